The summed E-state index contributed by atoms with van der Waals surface area (Å²) in [6, 6.07) is 2.05. The van der Waals surface area contributed by atoms with Gasteiger partial charge in [0, 0.05) is 23.8 Å². The van der Waals surface area contributed by atoms with Gasteiger partial charge in [-0.25, -0.2) is 9.97 Å². The van der Waals surface area contributed by atoms with Gasteiger partial charge < -0.3 is 5.32 Å². The number of aryl methyl sites for hydroxylation is 3. The average Bonchev–Trinajstić information content (AvgIpc) is 3.07. The van der Waals surface area contributed by atoms with Crippen molar-refractivity contribution in [3.8, 4) is 0 Å². The van der Waals surface area contributed by atoms with Crippen molar-refractivity contribution in [1.29, 1.82) is 0 Å². The van der Waals surface area contributed by atoms with Gasteiger partial charge in [0.25, 0.3) is 0 Å². The van der Waals surface area contributed by atoms with Crippen molar-refractivity contribution < 1.29 is 0 Å². The number of aromatic nitrogens is 3. The van der Waals surface area contributed by atoms with Crippen molar-refractivity contribution in [1.82, 2.24) is 15.0 Å². The van der Waals surface area contributed by atoms with Crippen LogP contribution < -0.4 is 5.32 Å². The number of pyridine rings is 1. The molecule has 0 bridgehead atoms. The molecule has 21 heavy (non-hydrogen) atoms. The molecule has 1 N–H and O–H groups in total. The third kappa shape index (κ3) is 2.17. The van der Waals surface area contributed by atoms with Gasteiger partial charge in [0.15, 0.2) is 0 Å². The highest BCUT2D eigenvalue weighted by Crippen LogP contribution is 2.39. The van der Waals surface area contributed by atoms with E-state index in [1.165, 1.54) is 39.8 Å². The van der Waals surface area contributed by atoms with Gasteiger partial charge in [0.1, 0.15) is 17.0 Å². The van der Waals surface area contributed by atoms with Crippen LogP contribution in [0.1, 0.15) is 28.0 Å². The zero-order valence-electron chi connectivity index (χ0n) is 11.9. The highest BCUT2D eigenvalue weighted by molar-refractivity contribution is 7.19. The second kappa shape index (κ2) is 5.07. The summed E-state index contributed by atoms with van der Waals surface area (Å²) in [6.45, 7) is 2.85. The predicted octanol–water partition coefficient (Wildman–Crippen LogP) is 3.50. The molecule has 3 aromatic heterocycles. The summed E-state index contributed by atoms with van der Waals surface area (Å²) in [4.78, 5) is 15.7. The second-order valence-electron chi connectivity index (χ2n) is 5.42. The predicted molar refractivity (Wildman–Crippen MR) is 85.7 cm³/mol. The van der Waals surface area contributed by atoms with Gasteiger partial charge in [0.05, 0.1) is 5.39 Å². The van der Waals surface area contributed by atoms with E-state index >= 15 is 0 Å². The number of nitrogens with one attached hydrogen (secondary N) is 1. The summed E-state index contributed by atoms with van der Waals surface area (Å²) in [7, 11) is 0. The van der Waals surface area contributed by atoms with Gasteiger partial charge in [-0.3, -0.25) is 4.98 Å². The highest BCUT2D eigenvalue weighted by atomic mass is 32.1. The molecule has 0 saturated carbocycles. The number of fused-ring (bicyclic) bond motifs is 3. The lowest BCUT2D eigenvalue weighted by molar-refractivity contribution is 0.917. The Morgan fingerprint density at radius 2 is 2.24 bits per heavy atom. The van der Waals surface area contributed by atoms with Gasteiger partial charge in [-0.2, -0.15) is 0 Å². The Labute approximate surface area is 127 Å². The molecule has 0 amide bonds. The van der Waals surface area contributed by atoms with Crippen molar-refractivity contribution in [3.05, 3.63) is 46.4 Å². The van der Waals surface area contributed by atoms with E-state index in [1.54, 1.807) is 6.33 Å². The first-order valence-electron chi connectivity index (χ1n) is 7.21. The molecule has 0 unspecified atom stereocenters. The molecule has 0 atom stereocenters. The fourth-order valence-corrected chi connectivity index (χ4v) is 4.17. The lowest BCUT2D eigenvalue weighted by Crippen LogP contribution is -2.04. The number of nitrogens with zero attached hydrogens (tertiary/aromatic N) is 3. The normalized spacial score (nSPS) is 13.6. The van der Waals surface area contributed by atoms with Gasteiger partial charge >= 0.3 is 0 Å². The van der Waals surface area contributed by atoms with Crippen molar-refractivity contribution in [2.24, 2.45) is 0 Å². The molecule has 4 rings (SSSR count). The third-order valence-corrected chi connectivity index (χ3v) is 5.28. The molecule has 3 heterocycles. The van der Waals surface area contributed by atoms with Crippen LogP contribution in [0.15, 0.2) is 24.8 Å². The van der Waals surface area contributed by atoms with Crippen LogP contribution in [0.4, 0.5) is 5.82 Å². The second-order valence-corrected chi connectivity index (χ2v) is 6.50. The highest BCUT2D eigenvalue weighted by Gasteiger charge is 2.20. The number of hydrogen-bond acceptors (Lipinski definition) is 5. The Hall–Kier alpha value is -2.01. The SMILES string of the molecule is Cc1cnccc1CNc1ncnc2sc3c(c12)CCC3. The summed E-state index contributed by atoms with van der Waals surface area (Å²) >= 11 is 1.82. The monoisotopic (exact) mass is 296 g/mol. The summed E-state index contributed by atoms with van der Waals surface area (Å²) in [5, 5.41) is 4.73. The minimum Gasteiger partial charge on any atom is -0.365 e. The molecule has 1 aliphatic carbocycles. The number of anilines is 1. The lowest BCUT2D eigenvalue weighted by atomic mass is 10.1. The molecule has 0 aromatic carbocycles. The van der Waals surface area contributed by atoms with Gasteiger partial charge in [0.2, 0.25) is 0 Å². The minimum absolute atomic E-state index is 0.769. The van der Waals surface area contributed by atoms with Crippen LogP contribution in [0.3, 0.4) is 0 Å². The summed E-state index contributed by atoms with van der Waals surface area (Å²) in [5.74, 6) is 0.968. The Morgan fingerprint density at radius 3 is 3.14 bits per heavy atom. The lowest BCUT2D eigenvalue weighted by Gasteiger charge is -2.09. The largest absolute Gasteiger partial charge is 0.365 e. The zero-order chi connectivity index (χ0) is 14.2. The molecule has 0 radical (unpaired) electrons. The van der Waals surface area contributed by atoms with Crippen molar-refractivity contribution >= 4 is 27.4 Å². The van der Waals surface area contributed by atoms with E-state index < -0.39 is 0 Å². The van der Waals surface area contributed by atoms with Gasteiger partial charge in [-0.05, 0) is 48.9 Å². The Balaban J connectivity index is 1.69. The fourth-order valence-electron chi connectivity index (χ4n) is 2.94. The first-order valence-corrected chi connectivity index (χ1v) is 8.03. The van der Waals surface area contributed by atoms with E-state index in [2.05, 4.69) is 33.3 Å². The maximum atomic E-state index is 4.47. The zero-order valence-corrected chi connectivity index (χ0v) is 12.7. The van der Waals surface area contributed by atoms with Crippen LogP contribution in [0, 0.1) is 6.92 Å². The van der Waals surface area contributed by atoms with Gasteiger partial charge in [-0.1, -0.05) is 0 Å². The molecule has 106 valence electrons. The van der Waals surface area contributed by atoms with E-state index in [-0.39, 0.29) is 0 Å². The van der Waals surface area contributed by atoms with E-state index in [1.807, 2.05) is 23.7 Å². The molecular formula is C16H16N4S. The van der Waals surface area contributed by atoms with Crippen molar-refractivity contribution in [3.63, 3.8) is 0 Å². The molecule has 0 saturated heterocycles. The number of rotatable bonds is 3. The van der Waals surface area contributed by atoms with Crippen LogP contribution in [0.25, 0.3) is 10.2 Å². The van der Waals surface area contributed by atoms with E-state index in [4.69, 9.17) is 0 Å². The summed E-state index contributed by atoms with van der Waals surface area (Å²) in [6.07, 6.45) is 9.01. The Bertz CT molecular complexity index is 809. The molecule has 0 aliphatic heterocycles. The third-order valence-electron chi connectivity index (χ3n) is 4.08. The van der Waals surface area contributed by atoms with Crippen LogP contribution >= 0.6 is 11.3 Å². The maximum absolute atomic E-state index is 4.47. The first-order chi connectivity index (χ1) is 10.3. The Morgan fingerprint density at radius 1 is 1.29 bits per heavy atom. The van der Waals surface area contributed by atoms with E-state index in [0.717, 1.165) is 23.6 Å². The molecule has 4 nitrogen and oxygen atoms in total. The smallest absolute Gasteiger partial charge is 0.138 e. The minimum atomic E-state index is 0.769. The quantitative estimate of drug-likeness (QED) is 0.803. The summed E-state index contributed by atoms with van der Waals surface area (Å²) in [5.41, 5.74) is 3.92. The molecule has 5 heteroatoms. The molecule has 3 aromatic rings. The summed E-state index contributed by atoms with van der Waals surface area (Å²) < 4.78 is 0. The van der Waals surface area contributed by atoms with Crippen LogP contribution in [-0.2, 0) is 19.4 Å². The van der Waals surface area contributed by atoms with E-state index in [0.29, 0.717) is 0 Å². The van der Waals surface area contributed by atoms with Gasteiger partial charge in [-0.15, -0.1) is 11.3 Å². The van der Waals surface area contributed by atoms with Crippen molar-refractivity contribution in [2.45, 2.75) is 32.7 Å². The molecular weight excluding hydrogens is 280 g/mol. The molecule has 0 spiro atoms. The Kier molecular flexibility index (Phi) is 3.07. The number of thiophene rings is 1. The van der Waals surface area contributed by atoms with E-state index in [9.17, 15) is 0 Å². The molecule has 1 aliphatic rings. The van der Waals surface area contributed by atoms with Crippen LogP contribution in [-0.4, -0.2) is 15.0 Å². The first kappa shape index (κ1) is 12.7. The maximum Gasteiger partial charge on any atom is 0.138 e. The standard InChI is InChI=1S/C16H16N4S/c1-10-7-17-6-5-11(10)8-18-15-14-12-3-2-4-13(12)21-16(14)20-9-19-15/h5-7,9H,2-4,8H2,1H3,(H,18,19,20). The van der Waals surface area contributed by atoms with Crippen molar-refractivity contribution in [2.75, 3.05) is 5.32 Å². The topological polar surface area (TPSA) is 50.7 Å². The number of hydrogen-bond donors (Lipinski definition) is 1. The fraction of sp³-hybridized carbons (Fsp3) is 0.312. The molecule has 0 fully saturated rings. The van der Waals surface area contributed by atoms with Crippen LogP contribution in [0.5, 0.6) is 0 Å². The average molecular weight is 296 g/mol. The van der Waals surface area contributed by atoms with Crippen LogP contribution in [0.2, 0.25) is 0 Å².